The lowest BCUT2D eigenvalue weighted by molar-refractivity contribution is -0.143. The first-order valence-corrected chi connectivity index (χ1v) is 9.84. The van der Waals surface area contributed by atoms with Crippen molar-refractivity contribution in [1.29, 1.82) is 0 Å². The van der Waals surface area contributed by atoms with E-state index in [1.807, 2.05) is 0 Å². The van der Waals surface area contributed by atoms with Gasteiger partial charge in [0.15, 0.2) is 0 Å². The van der Waals surface area contributed by atoms with Gasteiger partial charge in [-0.15, -0.1) is 0 Å². The normalized spacial score (nSPS) is 45.9. The molecule has 0 aromatic carbocycles. The topological polar surface area (TPSA) is 40.5 Å². The van der Waals surface area contributed by atoms with Gasteiger partial charge in [-0.25, -0.2) is 0 Å². The maximum Gasteiger partial charge on any atom is 0.321 e. The van der Waals surface area contributed by atoms with E-state index in [1.54, 1.807) is 11.8 Å². The van der Waals surface area contributed by atoms with Gasteiger partial charge >= 0.3 is 5.97 Å². The Labute approximate surface area is 131 Å². The van der Waals surface area contributed by atoms with Crippen LogP contribution in [0, 0.1) is 23.2 Å². The van der Waals surface area contributed by atoms with E-state index in [2.05, 4.69) is 4.90 Å². The maximum atomic E-state index is 11.4. The van der Waals surface area contributed by atoms with Crippen molar-refractivity contribution in [2.75, 3.05) is 24.6 Å². The first-order chi connectivity index (χ1) is 10.1. The average Bonchev–Trinajstić information content (AvgIpc) is 2.44. The van der Waals surface area contributed by atoms with Gasteiger partial charge in [0.25, 0.3) is 0 Å². The molecule has 5 aliphatic rings. The molecule has 4 heteroatoms. The summed E-state index contributed by atoms with van der Waals surface area (Å²) in [5, 5.41) is 9.41. The van der Waals surface area contributed by atoms with E-state index in [1.165, 1.54) is 44.9 Å². The highest BCUT2D eigenvalue weighted by molar-refractivity contribution is 7.99. The number of aliphatic carboxylic acids is 1. The number of thioether (sulfide) groups is 1. The van der Waals surface area contributed by atoms with Crippen LogP contribution in [0.2, 0.25) is 0 Å². The Morgan fingerprint density at radius 1 is 1.14 bits per heavy atom. The fourth-order valence-corrected chi connectivity index (χ4v) is 7.22. The third-order valence-corrected chi connectivity index (χ3v) is 7.64. The molecule has 0 aromatic rings. The highest BCUT2D eigenvalue weighted by Crippen LogP contribution is 2.61. The molecule has 0 spiro atoms. The van der Waals surface area contributed by atoms with Crippen molar-refractivity contribution in [3.63, 3.8) is 0 Å². The zero-order chi connectivity index (χ0) is 14.4. The van der Waals surface area contributed by atoms with Gasteiger partial charge in [-0.1, -0.05) is 0 Å². The van der Waals surface area contributed by atoms with Crippen molar-refractivity contribution in [2.45, 2.75) is 51.0 Å². The number of carboxylic acids is 1. The molecule has 1 saturated heterocycles. The number of rotatable bonds is 4. The molecule has 0 aromatic heterocycles. The molecule has 4 bridgehead atoms. The Morgan fingerprint density at radius 2 is 1.76 bits per heavy atom. The van der Waals surface area contributed by atoms with Crippen molar-refractivity contribution in [1.82, 2.24) is 4.90 Å². The van der Waals surface area contributed by atoms with E-state index < -0.39 is 5.97 Å². The van der Waals surface area contributed by atoms with Gasteiger partial charge in [0, 0.05) is 18.1 Å². The zero-order valence-corrected chi connectivity index (χ0v) is 13.6. The summed E-state index contributed by atoms with van der Waals surface area (Å²) in [5.74, 6) is 4.27. The smallest absolute Gasteiger partial charge is 0.321 e. The molecule has 1 heterocycles. The molecule has 1 aliphatic heterocycles. The van der Waals surface area contributed by atoms with Crippen LogP contribution in [0.4, 0.5) is 0 Å². The second kappa shape index (κ2) is 5.45. The first-order valence-electron chi connectivity index (χ1n) is 8.68. The number of carboxylic acid groups (broad SMARTS) is 1. The highest BCUT2D eigenvalue weighted by Gasteiger charge is 2.50. The summed E-state index contributed by atoms with van der Waals surface area (Å²) in [6.45, 7) is 1.98. The molecule has 4 saturated carbocycles. The van der Waals surface area contributed by atoms with Crippen LogP contribution in [-0.4, -0.2) is 46.6 Å². The van der Waals surface area contributed by atoms with Gasteiger partial charge in [-0.3, -0.25) is 9.69 Å². The zero-order valence-electron chi connectivity index (χ0n) is 12.8. The molecular formula is C17H27NO2S. The van der Waals surface area contributed by atoms with E-state index in [9.17, 15) is 9.90 Å². The summed E-state index contributed by atoms with van der Waals surface area (Å²) in [7, 11) is 0. The standard InChI is InChI=1S/C17H27NO2S/c19-16(20)15-11-21-4-3-18(15)2-1-17-8-12-5-13(9-17)7-14(6-12)10-17/h12-15H,1-11H2,(H,19,20). The van der Waals surface area contributed by atoms with Crippen molar-refractivity contribution < 1.29 is 9.90 Å². The van der Waals surface area contributed by atoms with Crippen LogP contribution < -0.4 is 0 Å². The average molecular weight is 309 g/mol. The van der Waals surface area contributed by atoms with Crippen molar-refractivity contribution >= 4 is 17.7 Å². The largest absolute Gasteiger partial charge is 0.480 e. The van der Waals surface area contributed by atoms with Gasteiger partial charge in [0.05, 0.1) is 0 Å². The SMILES string of the molecule is O=C(O)C1CSCCN1CCC12CC3CC(CC(C3)C1)C2. The minimum Gasteiger partial charge on any atom is -0.480 e. The summed E-state index contributed by atoms with van der Waals surface area (Å²) in [6, 6.07) is -0.238. The molecule has 3 nitrogen and oxygen atoms in total. The summed E-state index contributed by atoms with van der Waals surface area (Å²) in [5.41, 5.74) is 0.586. The van der Waals surface area contributed by atoms with Crippen LogP contribution in [0.3, 0.4) is 0 Å². The fraction of sp³-hybridized carbons (Fsp3) is 0.941. The summed E-state index contributed by atoms with van der Waals surface area (Å²) >= 11 is 1.80. The minimum atomic E-state index is -0.618. The number of carbonyl (C=O) groups is 1. The minimum absolute atomic E-state index is 0.238. The number of hydrogen-bond donors (Lipinski definition) is 1. The lowest BCUT2D eigenvalue weighted by atomic mass is 9.49. The first kappa shape index (κ1) is 14.4. The summed E-state index contributed by atoms with van der Waals surface area (Å²) in [4.78, 5) is 13.7. The van der Waals surface area contributed by atoms with E-state index in [4.69, 9.17) is 0 Å². The Hall–Kier alpha value is -0.220. The Bertz CT molecular complexity index is 390. The lowest BCUT2D eigenvalue weighted by Crippen LogP contribution is -2.51. The molecule has 118 valence electrons. The molecule has 5 rings (SSSR count). The van der Waals surface area contributed by atoms with Crippen LogP contribution in [0.5, 0.6) is 0 Å². The molecule has 0 amide bonds. The van der Waals surface area contributed by atoms with Crippen molar-refractivity contribution in [3.8, 4) is 0 Å². The third-order valence-electron chi connectivity index (χ3n) is 6.62. The molecule has 1 N–H and O–H groups in total. The third kappa shape index (κ3) is 2.74. The Kier molecular flexibility index (Phi) is 3.73. The van der Waals surface area contributed by atoms with Gasteiger partial charge in [-0.2, -0.15) is 11.8 Å². The molecule has 5 fully saturated rings. The van der Waals surface area contributed by atoms with E-state index in [0.29, 0.717) is 5.41 Å². The summed E-state index contributed by atoms with van der Waals surface area (Å²) < 4.78 is 0. The van der Waals surface area contributed by atoms with Crippen LogP contribution in [0.25, 0.3) is 0 Å². The van der Waals surface area contributed by atoms with Crippen molar-refractivity contribution in [2.24, 2.45) is 23.2 Å². The predicted octanol–water partition coefficient (Wildman–Crippen LogP) is 3.09. The Morgan fingerprint density at radius 3 is 2.33 bits per heavy atom. The molecular weight excluding hydrogens is 282 g/mol. The predicted molar refractivity (Wildman–Crippen MR) is 85.5 cm³/mol. The van der Waals surface area contributed by atoms with E-state index >= 15 is 0 Å². The molecule has 21 heavy (non-hydrogen) atoms. The van der Waals surface area contributed by atoms with Crippen LogP contribution in [-0.2, 0) is 4.79 Å². The molecule has 1 unspecified atom stereocenters. The second-order valence-electron chi connectivity index (χ2n) is 8.13. The monoisotopic (exact) mass is 309 g/mol. The van der Waals surface area contributed by atoms with Gasteiger partial charge in [0.1, 0.15) is 6.04 Å². The molecule has 0 radical (unpaired) electrons. The lowest BCUT2D eigenvalue weighted by Gasteiger charge is -2.57. The Balaban J connectivity index is 1.41. The number of nitrogens with zero attached hydrogens (tertiary/aromatic N) is 1. The highest BCUT2D eigenvalue weighted by atomic mass is 32.2. The van der Waals surface area contributed by atoms with Gasteiger partial charge in [-0.05, 0) is 74.7 Å². The summed E-state index contributed by atoms with van der Waals surface area (Å²) in [6.07, 6.45) is 10.1. The van der Waals surface area contributed by atoms with Crippen molar-refractivity contribution in [3.05, 3.63) is 0 Å². The molecule has 1 atom stereocenters. The quantitative estimate of drug-likeness (QED) is 0.866. The fourth-order valence-electron chi connectivity index (χ4n) is 6.11. The van der Waals surface area contributed by atoms with Gasteiger partial charge < -0.3 is 5.11 Å². The second-order valence-corrected chi connectivity index (χ2v) is 9.28. The van der Waals surface area contributed by atoms with Gasteiger partial charge in [0.2, 0.25) is 0 Å². The maximum absolute atomic E-state index is 11.4. The molecule has 4 aliphatic carbocycles. The van der Waals surface area contributed by atoms with Crippen LogP contribution in [0.1, 0.15) is 44.9 Å². The number of hydrogen-bond acceptors (Lipinski definition) is 3. The van der Waals surface area contributed by atoms with E-state index in [-0.39, 0.29) is 6.04 Å². The van der Waals surface area contributed by atoms with Crippen LogP contribution >= 0.6 is 11.8 Å². The van der Waals surface area contributed by atoms with E-state index in [0.717, 1.165) is 42.3 Å². The van der Waals surface area contributed by atoms with Crippen LogP contribution in [0.15, 0.2) is 0 Å².